The number of nitriles is 1. The van der Waals surface area contributed by atoms with Crippen molar-refractivity contribution in [3.63, 3.8) is 0 Å². The second kappa shape index (κ2) is 7.50. The van der Waals surface area contributed by atoms with Crippen molar-refractivity contribution in [3.8, 4) is 23.3 Å². The second-order valence-corrected chi connectivity index (χ2v) is 4.96. The third-order valence-corrected chi connectivity index (χ3v) is 3.63. The Morgan fingerprint density at radius 3 is 2.22 bits per heavy atom. The van der Waals surface area contributed by atoms with E-state index in [-0.39, 0.29) is 5.82 Å². The monoisotopic (exact) mass is 315 g/mol. The van der Waals surface area contributed by atoms with Gasteiger partial charge in [-0.2, -0.15) is 5.26 Å². The number of ether oxygens (including phenoxy) is 3. The van der Waals surface area contributed by atoms with Crippen molar-refractivity contribution < 1.29 is 18.6 Å². The van der Waals surface area contributed by atoms with Crippen molar-refractivity contribution >= 4 is 0 Å². The van der Waals surface area contributed by atoms with Crippen LogP contribution in [0.2, 0.25) is 0 Å². The van der Waals surface area contributed by atoms with Gasteiger partial charge >= 0.3 is 0 Å². The summed E-state index contributed by atoms with van der Waals surface area (Å²) in [7, 11) is 4.62. The van der Waals surface area contributed by atoms with Crippen molar-refractivity contribution in [2.75, 3.05) is 21.3 Å². The van der Waals surface area contributed by atoms with E-state index in [9.17, 15) is 9.65 Å². The van der Waals surface area contributed by atoms with Crippen LogP contribution in [0.25, 0.3) is 0 Å². The first-order chi connectivity index (χ1) is 11.1. The Kier molecular flexibility index (Phi) is 5.42. The van der Waals surface area contributed by atoms with Gasteiger partial charge in [-0.25, -0.2) is 4.39 Å². The Morgan fingerprint density at radius 2 is 1.61 bits per heavy atom. The summed E-state index contributed by atoms with van der Waals surface area (Å²) in [5, 5.41) is 9.51. The molecule has 0 aromatic heterocycles. The molecular formula is C18H18FNO3. The maximum absolute atomic E-state index is 13.5. The van der Waals surface area contributed by atoms with Crippen LogP contribution in [0.15, 0.2) is 36.4 Å². The molecule has 0 radical (unpaired) electrons. The van der Waals surface area contributed by atoms with E-state index in [1.165, 1.54) is 19.2 Å². The summed E-state index contributed by atoms with van der Waals surface area (Å²) in [6.07, 6.45) is 0.340. The van der Waals surface area contributed by atoms with Crippen LogP contribution in [-0.4, -0.2) is 21.3 Å². The number of rotatable bonds is 6. The number of halogens is 1. The molecule has 0 amide bonds. The Hall–Kier alpha value is -2.74. The zero-order valence-corrected chi connectivity index (χ0v) is 13.3. The minimum absolute atomic E-state index is 0.340. The van der Waals surface area contributed by atoms with E-state index < -0.39 is 5.92 Å². The maximum Gasteiger partial charge on any atom is 0.161 e. The highest BCUT2D eigenvalue weighted by atomic mass is 19.1. The smallest absolute Gasteiger partial charge is 0.161 e. The molecule has 5 heteroatoms. The van der Waals surface area contributed by atoms with Crippen LogP contribution in [0.1, 0.15) is 17.0 Å². The third kappa shape index (κ3) is 3.72. The molecule has 2 aromatic rings. The van der Waals surface area contributed by atoms with Crippen LogP contribution in [0.5, 0.6) is 17.2 Å². The molecule has 0 fully saturated rings. The average molecular weight is 315 g/mol. The molecule has 0 saturated carbocycles. The van der Waals surface area contributed by atoms with Gasteiger partial charge in [-0.3, -0.25) is 0 Å². The third-order valence-electron chi connectivity index (χ3n) is 3.63. The van der Waals surface area contributed by atoms with Gasteiger partial charge in [0, 0.05) is 0 Å². The first-order valence-electron chi connectivity index (χ1n) is 7.06. The summed E-state index contributed by atoms with van der Waals surface area (Å²) >= 11 is 0. The molecule has 2 aromatic carbocycles. The van der Waals surface area contributed by atoms with Crippen LogP contribution < -0.4 is 14.2 Å². The van der Waals surface area contributed by atoms with E-state index in [1.807, 2.05) is 0 Å². The van der Waals surface area contributed by atoms with Crippen molar-refractivity contribution in [2.45, 2.75) is 12.3 Å². The predicted molar refractivity (Wildman–Crippen MR) is 84.6 cm³/mol. The molecule has 2 rings (SSSR count). The Morgan fingerprint density at radius 1 is 0.957 bits per heavy atom. The number of benzene rings is 2. The second-order valence-electron chi connectivity index (χ2n) is 4.96. The summed E-state index contributed by atoms with van der Waals surface area (Å²) in [5.74, 6) is 0.898. The van der Waals surface area contributed by atoms with Gasteiger partial charge in [0.1, 0.15) is 11.6 Å². The molecule has 0 aliphatic carbocycles. The van der Waals surface area contributed by atoms with Gasteiger partial charge in [0.25, 0.3) is 0 Å². The van der Waals surface area contributed by atoms with Gasteiger partial charge in [0.2, 0.25) is 0 Å². The summed E-state index contributed by atoms with van der Waals surface area (Å²) in [4.78, 5) is 0. The lowest BCUT2D eigenvalue weighted by Gasteiger charge is -2.15. The minimum atomic E-state index is -0.453. The molecule has 0 bridgehead atoms. The van der Waals surface area contributed by atoms with E-state index >= 15 is 0 Å². The first kappa shape index (κ1) is 16.6. The molecule has 120 valence electrons. The zero-order valence-electron chi connectivity index (χ0n) is 13.3. The Labute approximate surface area is 135 Å². The standard InChI is InChI=1S/C18H18FNO3/c1-21-16-7-5-15(19)9-13(16)8-14(11-20)12-4-6-17(22-2)18(10-12)23-3/h4-7,9-10,14H,8H2,1-3H3. The highest BCUT2D eigenvalue weighted by Crippen LogP contribution is 2.33. The molecule has 0 heterocycles. The number of nitrogens with zero attached hydrogens (tertiary/aromatic N) is 1. The number of hydrogen-bond donors (Lipinski definition) is 0. The molecule has 0 aliphatic rings. The van der Waals surface area contributed by atoms with Gasteiger partial charge in [-0.1, -0.05) is 6.07 Å². The lowest BCUT2D eigenvalue weighted by atomic mass is 9.92. The van der Waals surface area contributed by atoms with E-state index in [1.54, 1.807) is 38.5 Å². The lowest BCUT2D eigenvalue weighted by Crippen LogP contribution is -2.04. The first-order valence-corrected chi connectivity index (χ1v) is 7.06. The van der Waals surface area contributed by atoms with E-state index in [0.29, 0.717) is 29.2 Å². The van der Waals surface area contributed by atoms with E-state index in [4.69, 9.17) is 14.2 Å². The summed E-state index contributed by atoms with van der Waals surface area (Å²) in [5.41, 5.74) is 1.42. The van der Waals surface area contributed by atoms with Crippen molar-refractivity contribution in [1.82, 2.24) is 0 Å². The van der Waals surface area contributed by atoms with Gasteiger partial charge in [-0.05, 0) is 47.9 Å². The fourth-order valence-electron chi connectivity index (χ4n) is 2.43. The molecular weight excluding hydrogens is 297 g/mol. The topological polar surface area (TPSA) is 51.5 Å². The summed E-state index contributed by atoms with van der Waals surface area (Å²) in [6.45, 7) is 0. The average Bonchev–Trinajstić information content (AvgIpc) is 2.59. The molecule has 1 unspecified atom stereocenters. The number of methoxy groups -OCH3 is 3. The largest absolute Gasteiger partial charge is 0.496 e. The van der Waals surface area contributed by atoms with Crippen molar-refractivity contribution in [1.29, 1.82) is 5.26 Å². The highest BCUT2D eigenvalue weighted by Gasteiger charge is 2.17. The molecule has 1 atom stereocenters. The Bertz CT molecular complexity index is 725. The maximum atomic E-state index is 13.5. The Balaban J connectivity index is 2.34. The van der Waals surface area contributed by atoms with Crippen LogP contribution in [0.4, 0.5) is 4.39 Å². The zero-order chi connectivity index (χ0) is 16.8. The highest BCUT2D eigenvalue weighted by molar-refractivity contribution is 5.46. The normalized spacial score (nSPS) is 11.4. The quantitative estimate of drug-likeness (QED) is 0.815. The SMILES string of the molecule is COc1ccc(F)cc1CC(C#N)c1ccc(OC)c(OC)c1. The van der Waals surface area contributed by atoms with E-state index in [0.717, 1.165) is 5.56 Å². The fourth-order valence-corrected chi connectivity index (χ4v) is 2.43. The van der Waals surface area contributed by atoms with Crippen LogP contribution >= 0.6 is 0 Å². The van der Waals surface area contributed by atoms with Gasteiger partial charge in [-0.15, -0.1) is 0 Å². The van der Waals surface area contributed by atoms with Crippen LogP contribution in [0, 0.1) is 17.1 Å². The van der Waals surface area contributed by atoms with Crippen molar-refractivity contribution in [2.24, 2.45) is 0 Å². The van der Waals surface area contributed by atoms with Crippen LogP contribution in [-0.2, 0) is 6.42 Å². The predicted octanol–water partition coefficient (Wildman–Crippen LogP) is 3.70. The molecule has 0 spiro atoms. The van der Waals surface area contributed by atoms with Gasteiger partial charge in [0.15, 0.2) is 11.5 Å². The molecule has 0 saturated heterocycles. The molecule has 0 N–H and O–H groups in total. The summed E-state index contributed by atoms with van der Waals surface area (Å²) in [6, 6.07) is 11.9. The minimum Gasteiger partial charge on any atom is -0.496 e. The van der Waals surface area contributed by atoms with Crippen LogP contribution in [0.3, 0.4) is 0 Å². The fraction of sp³-hybridized carbons (Fsp3) is 0.278. The van der Waals surface area contributed by atoms with Crippen molar-refractivity contribution in [3.05, 3.63) is 53.3 Å². The lowest BCUT2D eigenvalue weighted by molar-refractivity contribution is 0.354. The summed E-state index contributed by atoms with van der Waals surface area (Å²) < 4.78 is 29.2. The number of hydrogen-bond acceptors (Lipinski definition) is 4. The molecule has 0 aliphatic heterocycles. The molecule has 4 nitrogen and oxygen atoms in total. The van der Waals surface area contributed by atoms with Gasteiger partial charge in [0.05, 0.1) is 33.3 Å². The van der Waals surface area contributed by atoms with E-state index in [2.05, 4.69) is 6.07 Å². The van der Waals surface area contributed by atoms with Gasteiger partial charge < -0.3 is 14.2 Å². The molecule has 23 heavy (non-hydrogen) atoms.